The molecule has 3 N–H and O–H groups in total. The Bertz CT molecular complexity index is 1060. The number of aromatic amines is 1. The van der Waals surface area contributed by atoms with Crippen LogP contribution in [0.25, 0.3) is 5.69 Å². The Kier molecular flexibility index (Phi) is 6.35. The van der Waals surface area contributed by atoms with Gasteiger partial charge in [0, 0.05) is 30.0 Å². The summed E-state index contributed by atoms with van der Waals surface area (Å²) in [6.07, 6.45) is 0.151. The number of carboxylic acid groups (broad SMARTS) is 1. The summed E-state index contributed by atoms with van der Waals surface area (Å²) in [5.74, 6) is -0.258. The topological polar surface area (TPSA) is 126 Å². The quantitative estimate of drug-likeness (QED) is 0.379. The Labute approximate surface area is 169 Å². The SMILES string of the molecule is COc1ccc(-[n+]2[nH]oc(=O)c2SCCC(=O)Nc2ccc(C(=O)O)cc2)cc1. The van der Waals surface area contributed by atoms with E-state index >= 15 is 0 Å². The molecule has 0 saturated carbocycles. The van der Waals surface area contributed by atoms with E-state index in [0.29, 0.717) is 27.9 Å². The molecule has 1 aromatic heterocycles. The number of methoxy groups -OCH3 is 1. The zero-order valence-corrected chi connectivity index (χ0v) is 16.2. The molecular formula is C19H18N3O6S+. The summed E-state index contributed by atoms with van der Waals surface area (Å²) >= 11 is 1.19. The number of amides is 1. The van der Waals surface area contributed by atoms with Crippen molar-refractivity contribution in [3.63, 3.8) is 0 Å². The molecule has 1 heterocycles. The van der Waals surface area contributed by atoms with Gasteiger partial charge in [0.25, 0.3) is 0 Å². The predicted molar refractivity (Wildman–Crippen MR) is 105 cm³/mol. The molecule has 2 aromatic carbocycles. The molecule has 3 aromatic rings. The maximum absolute atomic E-state index is 12.1. The average Bonchev–Trinajstić information content (AvgIpc) is 3.09. The van der Waals surface area contributed by atoms with Crippen LogP contribution in [0.15, 0.2) is 62.9 Å². The van der Waals surface area contributed by atoms with Crippen LogP contribution in [0.3, 0.4) is 0 Å². The normalized spacial score (nSPS) is 10.5. The molecule has 0 saturated heterocycles. The number of H-pyrrole nitrogens is 1. The molecule has 29 heavy (non-hydrogen) atoms. The van der Waals surface area contributed by atoms with Gasteiger partial charge in [-0.25, -0.2) is 9.59 Å². The van der Waals surface area contributed by atoms with E-state index < -0.39 is 11.6 Å². The first-order valence-corrected chi connectivity index (χ1v) is 9.50. The molecule has 0 spiro atoms. The maximum Gasteiger partial charge on any atom is 0.442 e. The van der Waals surface area contributed by atoms with E-state index in [2.05, 4.69) is 10.6 Å². The number of hydrogen-bond acceptors (Lipinski definition) is 6. The van der Waals surface area contributed by atoms with Crippen LogP contribution in [0.4, 0.5) is 5.69 Å². The van der Waals surface area contributed by atoms with E-state index in [1.807, 2.05) is 0 Å². The summed E-state index contributed by atoms with van der Waals surface area (Å²) in [5, 5.41) is 14.4. The van der Waals surface area contributed by atoms with Gasteiger partial charge in [0.05, 0.1) is 12.7 Å². The Morgan fingerprint density at radius 2 is 1.86 bits per heavy atom. The maximum atomic E-state index is 12.1. The Hall–Kier alpha value is -3.53. The Balaban J connectivity index is 1.58. The third-order valence-electron chi connectivity index (χ3n) is 3.92. The van der Waals surface area contributed by atoms with Gasteiger partial charge in [0.1, 0.15) is 5.75 Å². The summed E-state index contributed by atoms with van der Waals surface area (Å²) in [7, 11) is 1.56. The lowest BCUT2D eigenvalue weighted by atomic mass is 10.2. The van der Waals surface area contributed by atoms with Gasteiger partial charge in [-0.1, -0.05) is 0 Å². The van der Waals surface area contributed by atoms with E-state index in [9.17, 15) is 14.4 Å². The van der Waals surface area contributed by atoms with Crippen LogP contribution >= 0.6 is 11.8 Å². The summed E-state index contributed by atoms with van der Waals surface area (Å²) in [6.45, 7) is 0. The van der Waals surface area contributed by atoms with E-state index in [1.165, 1.54) is 40.7 Å². The van der Waals surface area contributed by atoms with Gasteiger partial charge in [0.15, 0.2) is 0 Å². The number of nitrogens with zero attached hydrogens (tertiary/aromatic N) is 1. The highest BCUT2D eigenvalue weighted by molar-refractivity contribution is 7.99. The number of carbonyl (C=O) groups excluding carboxylic acids is 1. The second-order valence-corrected chi connectivity index (χ2v) is 6.93. The van der Waals surface area contributed by atoms with Crippen LogP contribution in [0.5, 0.6) is 5.75 Å². The zero-order chi connectivity index (χ0) is 20.8. The minimum atomic E-state index is -1.03. The molecule has 0 atom stereocenters. The Morgan fingerprint density at radius 3 is 2.48 bits per heavy atom. The van der Waals surface area contributed by atoms with Crippen molar-refractivity contribution in [3.05, 3.63) is 64.5 Å². The number of aromatic nitrogens is 2. The van der Waals surface area contributed by atoms with Crippen LogP contribution in [0.1, 0.15) is 16.8 Å². The molecule has 1 amide bonds. The highest BCUT2D eigenvalue weighted by Crippen LogP contribution is 2.16. The summed E-state index contributed by atoms with van der Waals surface area (Å²) in [4.78, 5) is 34.9. The number of hydrogen-bond donors (Lipinski definition) is 3. The van der Waals surface area contributed by atoms with Crippen molar-refractivity contribution >= 4 is 29.3 Å². The fraction of sp³-hybridized carbons (Fsp3) is 0.158. The summed E-state index contributed by atoms with van der Waals surface area (Å²) in [6, 6.07) is 12.9. The van der Waals surface area contributed by atoms with Crippen molar-refractivity contribution in [1.29, 1.82) is 0 Å². The number of carboxylic acids is 1. The van der Waals surface area contributed by atoms with Crippen molar-refractivity contribution in [2.45, 2.75) is 11.4 Å². The second-order valence-electron chi connectivity index (χ2n) is 5.85. The van der Waals surface area contributed by atoms with Gasteiger partial charge in [-0.3, -0.25) is 9.32 Å². The molecule has 0 aliphatic heterocycles. The lowest BCUT2D eigenvalue weighted by Gasteiger charge is -2.04. The second kappa shape index (κ2) is 9.11. The molecule has 150 valence electrons. The smallest absolute Gasteiger partial charge is 0.442 e. The number of benzene rings is 2. The van der Waals surface area contributed by atoms with Gasteiger partial charge in [-0.05, 0) is 58.1 Å². The number of rotatable bonds is 8. The predicted octanol–water partition coefficient (Wildman–Crippen LogP) is 2.07. The first-order valence-electron chi connectivity index (χ1n) is 8.52. The third-order valence-corrected chi connectivity index (χ3v) is 4.95. The molecule has 0 aliphatic carbocycles. The number of thioether (sulfide) groups is 1. The molecule has 0 aliphatic rings. The fourth-order valence-electron chi connectivity index (χ4n) is 2.45. The molecule has 0 radical (unpaired) electrons. The largest absolute Gasteiger partial charge is 0.497 e. The van der Waals surface area contributed by atoms with Crippen molar-refractivity contribution in [3.8, 4) is 11.4 Å². The van der Waals surface area contributed by atoms with Crippen molar-refractivity contribution in [2.75, 3.05) is 18.2 Å². The van der Waals surface area contributed by atoms with Crippen molar-refractivity contribution < 1.29 is 28.6 Å². The van der Waals surface area contributed by atoms with Gasteiger partial charge >= 0.3 is 16.6 Å². The van der Waals surface area contributed by atoms with E-state index in [-0.39, 0.29) is 17.9 Å². The lowest BCUT2D eigenvalue weighted by molar-refractivity contribution is -0.704. The lowest BCUT2D eigenvalue weighted by Crippen LogP contribution is -2.36. The molecule has 9 nitrogen and oxygen atoms in total. The molecule has 10 heteroatoms. The van der Waals surface area contributed by atoms with Crippen LogP contribution in [0, 0.1) is 0 Å². The van der Waals surface area contributed by atoms with Gasteiger partial charge in [-0.15, -0.1) is 0 Å². The zero-order valence-electron chi connectivity index (χ0n) is 15.4. The minimum Gasteiger partial charge on any atom is -0.497 e. The average molecular weight is 416 g/mol. The van der Waals surface area contributed by atoms with Crippen LogP contribution in [0.2, 0.25) is 0 Å². The van der Waals surface area contributed by atoms with Gasteiger partial charge < -0.3 is 15.2 Å². The molecule has 0 bridgehead atoms. The van der Waals surface area contributed by atoms with Crippen molar-refractivity contribution in [2.24, 2.45) is 0 Å². The monoisotopic (exact) mass is 416 g/mol. The van der Waals surface area contributed by atoms with Crippen LogP contribution in [-0.2, 0) is 4.79 Å². The fourth-order valence-corrected chi connectivity index (χ4v) is 3.36. The highest BCUT2D eigenvalue weighted by atomic mass is 32.2. The van der Waals surface area contributed by atoms with Crippen LogP contribution < -0.4 is 20.4 Å². The minimum absolute atomic E-state index is 0.140. The number of aromatic carboxylic acids is 1. The molecule has 0 unspecified atom stereocenters. The summed E-state index contributed by atoms with van der Waals surface area (Å²) in [5.41, 5.74) is 0.790. The van der Waals surface area contributed by atoms with E-state index in [1.54, 1.807) is 31.4 Å². The number of carbonyl (C=O) groups is 2. The van der Waals surface area contributed by atoms with E-state index in [4.69, 9.17) is 14.4 Å². The third kappa shape index (κ3) is 5.05. The first kappa shape index (κ1) is 20.2. The number of anilines is 1. The van der Waals surface area contributed by atoms with Gasteiger partial charge in [-0.2, -0.15) is 0 Å². The number of ether oxygens (including phenoxy) is 1. The molecular weight excluding hydrogens is 398 g/mol. The van der Waals surface area contributed by atoms with E-state index in [0.717, 1.165) is 0 Å². The summed E-state index contributed by atoms with van der Waals surface area (Å²) < 4.78 is 11.5. The van der Waals surface area contributed by atoms with Crippen LogP contribution in [-0.4, -0.2) is 35.1 Å². The van der Waals surface area contributed by atoms with Crippen molar-refractivity contribution in [1.82, 2.24) is 5.27 Å². The molecule has 0 fully saturated rings. The number of nitrogens with one attached hydrogen (secondary N) is 2. The van der Waals surface area contributed by atoms with Gasteiger partial charge in [0.2, 0.25) is 11.6 Å². The molecule has 3 rings (SSSR count). The highest BCUT2D eigenvalue weighted by Gasteiger charge is 2.24. The standard InChI is InChI=1S/C19H17N3O6S/c1-27-15-8-6-14(7-9-15)22-17(19(26)28-21-22)29-11-10-16(23)20-13-4-2-12(3-5-13)18(24)25/h2-9H,10-11H2,1H3,(H2-,20,21,23,24,25,26)/p+1. The Morgan fingerprint density at radius 1 is 1.17 bits per heavy atom. The first-order chi connectivity index (χ1) is 14.0.